The SMILES string of the molecule is COc1cccc(C2c3cccn3CCN2C(=O)Nc2cccc(C)c2C)c1. The number of carbonyl (C=O) groups excluding carboxylic acids is 1. The topological polar surface area (TPSA) is 46.5 Å². The van der Waals surface area contributed by atoms with Gasteiger partial charge in [0.1, 0.15) is 5.75 Å². The smallest absolute Gasteiger partial charge is 0.322 e. The predicted molar refractivity (Wildman–Crippen MR) is 111 cm³/mol. The van der Waals surface area contributed by atoms with Crippen LogP contribution in [0.2, 0.25) is 0 Å². The van der Waals surface area contributed by atoms with Crippen molar-refractivity contribution in [3.63, 3.8) is 0 Å². The molecule has 5 heteroatoms. The lowest BCUT2D eigenvalue weighted by atomic mass is 10.00. The molecule has 0 saturated carbocycles. The fourth-order valence-corrected chi connectivity index (χ4v) is 3.84. The number of hydrogen-bond acceptors (Lipinski definition) is 2. The van der Waals surface area contributed by atoms with Gasteiger partial charge in [-0.2, -0.15) is 0 Å². The summed E-state index contributed by atoms with van der Waals surface area (Å²) in [7, 11) is 1.66. The Morgan fingerprint density at radius 1 is 1.07 bits per heavy atom. The second-order valence-electron chi connectivity index (χ2n) is 7.18. The van der Waals surface area contributed by atoms with E-state index in [0.717, 1.165) is 40.4 Å². The van der Waals surface area contributed by atoms with Crippen LogP contribution in [0, 0.1) is 13.8 Å². The van der Waals surface area contributed by atoms with Crippen LogP contribution in [0.3, 0.4) is 0 Å². The first-order valence-electron chi connectivity index (χ1n) is 9.51. The number of hydrogen-bond donors (Lipinski definition) is 1. The summed E-state index contributed by atoms with van der Waals surface area (Å²) < 4.78 is 7.62. The summed E-state index contributed by atoms with van der Waals surface area (Å²) in [5, 5.41) is 3.12. The third-order valence-electron chi connectivity index (χ3n) is 5.55. The lowest BCUT2D eigenvalue weighted by Gasteiger charge is -2.37. The molecule has 28 heavy (non-hydrogen) atoms. The van der Waals surface area contributed by atoms with Gasteiger partial charge in [0.05, 0.1) is 13.2 Å². The molecule has 1 aliphatic rings. The molecule has 1 atom stereocenters. The number of aryl methyl sites for hydroxylation is 1. The number of aromatic nitrogens is 1. The normalized spacial score (nSPS) is 15.8. The number of anilines is 1. The fourth-order valence-electron chi connectivity index (χ4n) is 3.84. The minimum atomic E-state index is -0.163. The number of rotatable bonds is 3. The molecule has 2 heterocycles. The first kappa shape index (κ1) is 18.2. The van der Waals surface area contributed by atoms with Crippen LogP contribution in [0.1, 0.15) is 28.4 Å². The van der Waals surface area contributed by atoms with Crippen LogP contribution >= 0.6 is 0 Å². The number of amides is 2. The molecule has 1 aromatic heterocycles. The molecule has 1 unspecified atom stereocenters. The molecule has 2 amide bonds. The Morgan fingerprint density at radius 3 is 2.71 bits per heavy atom. The Balaban J connectivity index is 1.70. The number of fused-ring (bicyclic) bond motifs is 1. The summed E-state index contributed by atoms with van der Waals surface area (Å²) in [6.45, 7) is 5.51. The van der Waals surface area contributed by atoms with Crippen LogP contribution in [-0.2, 0) is 6.54 Å². The third kappa shape index (κ3) is 3.24. The van der Waals surface area contributed by atoms with Crippen LogP contribution in [0.15, 0.2) is 60.8 Å². The Bertz CT molecular complexity index is 1010. The number of benzene rings is 2. The average Bonchev–Trinajstić information content (AvgIpc) is 3.19. The molecule has 3 aromatic rings. The van der Waals surface area contributed by atoms with Crippen LogP contribution in [0.5, 0.6) is 5.75 Å². The Morgan fingerprint density at radius 2 is 1.89 bits per heavy atom. The minimum Gasteiger partial charge on any atom is -0.497 e. The molecule has 0 fully saturated rings. The van der Waals surface area contributed by atoms with Gasteiger partial charge in [-0.3, -0.25) is 0 Å². The van der Waals surface area contributed by atoms with E-state index in [-0.39, 0.29) is 12.1 Å². The van der Waals surface area contributed by atoms with Crippen molar-refractivity contribution < 1.29 is 9.53 Å². The molecule has 0 spiro atoms. The highest BCUT2D eigenvalue weighted by molar-refractivity contribution is 5.91. The summed E-state index contributed by atoms with van der Waals surface area (Å²) in [5.41, 5.74) is 5.25. The van der Waals surface area contributed by atoms with Crippen molar-refractivity contribution >= 4 is 11.7 Å². The van der Waals surface area contributed by atoms with Crippen molar-refractivity contribution in [1.82, 2.24) is 9.47 Å². The Kier molecular flexibility index (Phi) is 4.82. The predicted octanol–water partition coefficient (Wildman–Crippen LogP) is 4.75. The van der Waals surface area contributed by atoms with Crippen molar-refractivity contribution in [1.29, 1.82) is 0 Å². The largest absolute Gasteiger partial charge is 0.497 e. The van der Waals surface area contributed by atoms with Gasteiger partial charge >= 0.3 is 6.03 Å². The van der Waals surface area contributed by atoms with E-state index in [1.807, 2.05) is 54.3 Å². The summed E-state index contributed by atoms with van der Waals surface area (Å²) in [4.78, 5) is 15.2. The van der Waals surface area contributed by atoms with Crippen LogP contribution in [-0.4, -0.2) is 29.2 Å². The Labute approximate surface area is 165 Å². The van der Waals surface area contributed by atoms with Crippen molar-refractivity contribution in [2.75, 3.05) is 19.0 Å². The zero-order valence-electron chi connectivity index (χ0n) is 16.5. The van der Waals surface area contributed by atoms with Crippen molar-refractivity contribution in [3.8, 4) is 5.75 Å². The van der Waals surface area contributed by atoms with Crippen LogP contribution in [0.25, 0.3) is 0 Å². The van der Waals surface area contributed by atoms with Gasteiger partial charge in [-0.05, 0) is 60.9 Å². The van der Waals surface area contributed by atoms with E-state index in [2.05, 4.69) is 35.1 Å². The average molecular weight is 375 g/mol. The maximum Gasteiger partial charge on any atom is 0.322 e. The lowest BCUT2D eigenvalue weighted by Crippen LogP contribution is -2.44. The van der Waals surface area contributed by atoms with Crippen molar-refractivity contribution in [2.45, 2.75) is 26.4 Å². The molecule has 144 valence electrons. The standard InChI is InChI=1S/C23H25N3O2/c1-16-7-4-10-20(17(16)2)24-23(27)26-14-13-25-12-6-11-21(25)22(26)18-8-5-9-19(15-18)28-3/h4-12,15,22H,13-14H2,1-3H3,(H,24,27). The third-order valence-corrected chi connectivity index (χ3v) is 5.55. The molecule has 1 N–H and O–H groups in total. The Hall–Kier alpha value is -3.21. The van der Waals surface area contributed by atoms with Gasteiger partial charge in [0, 0.05) is 30.7 Å². The first-order chi connectivity index (χ1) is 13.6. The van der Waals surface area contributed by atoms with E-state index >= 15 is 0 Å². The van der Waals surface area contributed by atoms with Crippen molar-refractivity contribution in [3.05, 3.63) is 83.2 Å². The van der Waals surface area contributed by atoms with Crippen LogP contribution in [0.4, 0.5) is 10.5 Å². The molecular formula is C23H25N3O2. The van der Waals surface area contributed by atoms with E-state index in [4.69, 9.17) is 4.74 Å². The van der Waals surface area contributed by atoms with E-state index in [0.29, 0.717) is 6.54 Å². The molecule has 2 aromatic carbocycles. The van der Waals surface area contributed by atoms with Crippen LogP contribution < -0.4 is 10.1 Å². The van der Waals surface area contributed by atoms with E-state index < -0.39 is 0 Å². The number of ether oxygens (including phenoxy) is 1. The van der Waals surface area contributed by atoms with Gasteiger partial charge in [-0.1, -0.05) is 24.3 Å². The molecule has 1 aliphatic heterocycles. The maximum absolute atomic E-state index is 13.3. The monoisotopic (exact) mass is 375 g/mol. The zero-order chi connectivity index (χ0) is 19.7. The molecule has 0 radical (unpaired) electrons. The highest BCUT2D eigenvalue weighted by atomic mass is 16.5. The number of nitrogens with one attached hydrogen (secondary N) is 1. The molecule has 0 bridgehead atoms. The molecule has 0 saturated heterocycles. The number of methoxy groups -OCH3 is 1. The summed E-state index contributed by atoms with van der Waals surface area (Å²) in [5.74, 6) is 0.788. The molecule has 5 nitrogen and oxygen atoms in total. The van der Waals surface area contributed by atoms with Gasteiger partial charge in [-0.25, -0.2) is 4.79 Å². The minimum absolute atomic E-state index is 0.0889. The van der Waals surface area contributed by atoms with E-state index in [1.54, 1.807) is 7.11 Å². The molecular weight excluding hydrogens is 350 g/mol. The maximum atomic E-state index is 13.3. The van der Waals surface area contributed by atoms with Crippen molar-refractivity contribution in [2.24, 2.45) is 0 Å². The second-order valence-corrected chi connectivity index (χ2v) is 7.18. The van der Waals surface area contributed by atoms with Gasteiger partial charge in [0.2, 0.25) is 0 Å². The summed E-state index contributed by atoms with van der Waals surface area (Å²) >= 11 is 0. The number of nitrogens with zero attached hydrogens (tertiary/aromatic N) is 2. The van der Waals surface area contributed by atoms with Gasteiger partial charge in [0.15, 0.2) is 0 Å². The zero-order valence-corrected chi connectivity index (χ0v) is 16.5. The van der Waals surface area contributed by atoms with Gasteiger partial charge < -0.3 is 19.5 Å². The highest BCUT2D eigenvalue weighted by Gasteiger charge is 2.32. The summed E-state index contributed by atoms with van der Waals surface area (Å²) in [6, 6.07) is 17.8. The van der Waals surface area contributed by atoms with E-state index in [9.17, 15) is 4.79 Å². The highest BCUT2D eigenvalue weighted by Crippen LogP contribution is 2.34. The number of carbonyl (C=O) groups is 1. The number of urea groups is 1. The summed E-state index contributed by atoms with van der Waals surface area (Å²) in [6.07, 6.45) is 2.07. The van der Waals surface area contributed by atoms with Gasteiger partial charge in [-0.15, -0.1) is 0 Å². The second kappa shape index (κ2) is 7.43. The fraction of sp³-hybridized carbons (Fsp3) is 0.261. The van der Waals surface area contributed by atoms with E-state index in [1.165, 1.54) is 0 Å². The quantitative estimate of drug-likeness (QED) is 0.718. The molecule has 4 rings (SSSR count). The van der Waals surface area contributed by atoms with Gasteiger partial charge in [0.25, 0.3) is 0 Å². The first-order valence-corrected chi connectivity index (χ1v) is 9.51. The lowest BCUT2D eigenvalue weighted by molar-refractivity contribution is 0.181. The molecule has 0 aliphatic carbocycles.